The monoisotopic (exact) mass is 736 g/mol. The van der Waals surface area contributed by atoms with Gasteiger partial charge in [-0.05, 0) is 37.5 Å². The van der Waals surface area contributed by atoms with Gasteiger partial charge in [0.1, 0.15) is 12.4 Å². The second-order valence-electron chi connectivity index (χ2n) is 11.5. The second kappa shape index (κ2) is 16.1. The zero-order valence-corrected chi connectivity index (χ0v) is 28.9. The summed E-state index contributed by atoms with van der Waals surface area (Å²) >= 11 is 12.6. The molecule has 4 rings (SSSR count). The van der Waals surface area contributed by atoms with Gasteiger partial charge in [-0.3, -0.25) is 14.5 Å². The standard InChI is InChI=1S/C29H40Cl2F2N8O6S/c1-3-19-17-40(26-24(31)37-23(25(34)38-26)27(43)35-8-14-42)12-13-41(19)20-6-10-39(11-7-20)28(44)21-5-4-18(30)16-22(21)47-15-9-36-48(45,46)29(2,32)33/h4-5,16,19-20,36,42H,3,6-15,17H2,1-2H3,(H2,34,38)(H,35,43)/t19-/m0/s1. The number of nitrogen functional groups attached to an aromatic ring is 1. The number of nitrogens with zero attached hydrogens (tertiary/aromatic N) is 5. The minimum absolute atomic E-state index is 0.0452. The molecule has 0 saturated carbocycles. The smallest absolute Gasteiger partial charge is 0.356 e. The Kier molecular flexibility index (Phi) is 12.6. The number of alkyl halides is 2. The molecule has 2 saturated heterocycles. The predicted octanol–water partition coefficient (Wildman–Crippen LogP) is 2.20. The number of nitrogens with one attached hydrogen (secondary N) is 2. The van der Waals surface area contributed by atoms with Crippen molar-refractivity contribution in [1.29, 1.82) is 0 Å². The molecule has 0 aliphatic carbocycles. The molecular formula is C29H40Cl2F2N8O6S. The van der Waals surface area contributed by atoms with Crippen molar-refractivity contribution in [2.45, 2.75) is 50.4 Å². The number of aliphatic hydroxyl groups is 1. The van der Waals surface area contributed by atoms with Crippen molar-refractivity contribution in [1.82, 2.24) is 29.8 Å². The molecule has 19 heteroatoms. The summed E-state index contributed by atoms with van der Waals surface area (Å²) in [5.74, 6) is -0.390. The summed E-state index contributed by atoms with van der Waals surface area (Å²) in [6, 6.07) is 4.87. The van der Waals surface area contributed by atoms with Crippen molar-refractivity contribution < 1.29 is 36.6 Å². The molecule has 266 valence electrons. The van der Waals surface area contributed by atoms with Crippen LogP contribution in [0.5, 0.6) is 5.75 Å². The lowest BCUT2D eigenvalue weighted by Gasteiger charge is -2.47. The van der Waals surface area contributed by atoms with Crippen LogP contribution >= 0.6 is 23.2 Å². The number of aromatic nitrogens is 2. The van der Waals surface area contributed by atoms with Gasteiger partial charge in [0.05, 0.1) is 12.2 Å². The summed E-state index contributed by atoms with van der Waals surface area (Å²) in [5, 5.41) is 7.85. The second-order valence-corrected chi connectivity index (χ2v) is 14.3. The molecule has 0 radical (unpaired) electrons. The van der Waals surface area contributed by atoms with Gasteiger partial charge >= 0.3 is 5.25 Å². The van der Waals surface area contributed by atoms with Crippen molar-refractivity contribution in [3.05, 3.63) is 39.6 Å². The molecule has 0 spiro atoms. The molecular weight excluding hydrogens is 697 g/mol. The van der Waals surface area contributed by atoms with E-state index in [9.17, 15) is 26.8 Å². The van der Waals surface area contributed by atoms with Crippen LogP contribution in [0.2, 0.25) is 10.2 Å². The quantitative estimate of drug-likeness (QED) is 0.221. The van der Waals surface area contributed by atoms with Crippen LogP contribution in [0.25, 0.3) is 0 Å². The fourth-order valence-electron chi connectivity index (χ4n) is 5.77. The van der Waals surface area contributed by atoms with Crippen LogP contribution in [-0.2, 0) is 10.0 Å². The SMILES string of the molecule is CC[C@H]1CN(c2nc(N)c(C(=O)NCCO)nc2Cl)CCN1C1CCN(C(=O)c2ccc(Cl)cc2OCCNS(=O)(=O)C(C)(F)F)CC1. The highest BCUT2D eigenvalue weighted by Crippen LogP contribution is 2.31. The first kappa shape index (κ1) is 37.7. The molecule has 48 heavy (non-hydrogen) atoms. The minimum atomic E-state index is -4.86. The Morgan fingerprint density at radius 2 is 1.85 bits per heavy atom. The third-order valence-electron chi connectivity index (χ3n) is 8.29. The van der Waals surface area contributed by atoms with E-state index in [1.54, 1.807) is 15.7 Å². The average molecular weight is 738 g/mol. The van der Waals surface area contributed by atoms with E-state index in [4.69, 9.17) is 38.8 Å². The Balaban J connectivity index is 1.35. The molecule has 1 atom stereocenters. The molecule has 2 fully saturated rings. The zero-order chi connectivity index (χ0) is 35.2. The van der Waals surface area contributed by atoms with Crippen LogP contribution in [0.3, 0.4) is 0 Å². The van der Waals surface area contributed by atoms with E-state index in [1.165, 1.54) is 12.1 Å². The van der Waals surface area contributed by atoms with E-state index < -0.39 is 27.7 Å². The van der Waals surface area contributed by atoms with Crippen molar-refractivity contribution in [2.24, 2.45) is 0 Å². The lowest BCUT2D eigenvalue weighted by atomic mass is 9.97. The fraction of sp³-hybridized carbons (Fsp3) is 0.586. The molecule has 1 aromatic heterocycles. The van der Waals surface area contributed by atoms with Gasteiger partial charge in [-0.15, -0.1) is 0 Å². The first-order valence-electron chi connectivity index (χ1n) is 15.5. The third-order valence-corrected chi connectivity index (χ3v) is 10.3. The van der Waals surface area contributed by atoms with Crippen LogP contribution in [0.4, 0.5) is 20.4 Å². The number of hydrogen-bond acceptors (Lipinski definition) is 11. The number of aliphatic hydroxyl groups excluding tert-OH is 1. The molecule has 2 amide bonds. The van der Waals surface area contributed by atoms with Gasteiger partial charge in [0, 0.05) is 69.8 Å². The van der Waals surface area contributed by atoms with Crippen molar-refractivity contribution in [3.63, 3.8) is 0 Å². The molecule has 5 N–H and O–H groups in total. The van der Waals surface area contributed by atoms with Gasteiger partial charge in [-0.1, -0.05) is 30.1 Å². The Labute approximate surface area is 287 Å². The number of benzene rings is 1. The normalized spacial score (nSPS) is 18.2. The molecule has 1 aromatic carbocycles. The van der Waals surface area contributed by atoms with Crippen LogP contribution in [0, 0.1) is 0 Å². The third kappa shape index (κ3) is 8.92. The number of halogens is 4. The van der Waals surface area contributed by atoms with E-state index in [-0.39, 0.29) is 72.7 Å². The van der Waals surface area contributed by atoms with Crippen molar-refractivity contribution in [2.75, 3.05) is 69.7 Å². The van der Waals surface area contributed by atoms with E-state index >= 15 is 0 Å². The maximum Gasteiger partial charge on any atom is 0.356 e. The Morgan fingerprint density at radius 3 is 2.50 bits per heavy atom. The molecule has 14 nitrogen and oxygen atoms in total. The van der Waals surface area contributed by atoms with E-state index in [1.807, 2.05) is 4.90 Å². The van der Waals surface area contributed by atoms with Crippen LogP contribution in [0.15, 0.2) is 18.2 Å². The highest BCUT2D eigenvalue weighted by Gasteiger charge is 2.39. The lowest BCUT2D eigenvalue weighted by Crippen LogP contribution is -2.58. The largest absolute Gasteiger partial charge is 0.491 e. The average Bonchev–Trinajstić information content (AvgIpc) is 3.05. The number of ether oxygens (including phenoxy) is 1. The summed E-state index contributed by atoms with van der Waals surface area (Å²) in [6.07, 6.45) is 2.30. The number of likely N-dealkylation sites (tertiary alicyclic amines) is 1. The Hall–Kier alpha value is -3.09. The Bertz CT molecular complexity index is 1580. The van der Waals surface area contributed by atoms with Gasteiger partial charge in [-0.2, -0.15) is 8.78 Å². The van der Waals surface area contributed by atoms with E-state index in [2.05, 4.69) is 27.1 Å². The zero-order valence-electron chi connectivity index (χ0n) is 26.6. The number of carbonyl (C=O) groups is 2. The maximum atomic E-state index is 13.5. The number of amides is 2. The summed E-state index contributed by atoms with van der Waals surface area (Å²) in [4.78, 5) is 40.6. The number of hydrogen-bond donors (Lipinski definition) is 4. The van der Waals surface area contributed by atoms with Gasteiger partial charge in [0.15, 0.2) is 22.5 Å². The Morgan fingerprint density at radius 1 is 1.15 bits per heavy atom. The summed E-state index contributed by atoms with van der Waals surface area (Å²) < 4.78 is 57.1. The number of rotatable bonds is 13. The highest BCUT2D eigenvalue weighted by atomic mass is 35.5. The summed E-state index contributed by atoms with van der Waals surface area (Å²) in [7, 11) is -4.86. The summed E-state index contributed by atoms with van der Waals surface area (Å²) in [6.45, 7) is 4.35. The molecule has 2 aliphatic heterocycles. The topological polar surface area (TPSA) is 183 Å². The summed E-state index contributed by atoms with van der Waals surface area (Å²) in [5.41, 5.74) is 6.18. The molecule has 0 unspecified atom stereocenters. The highest BCUT2D eigenvalue weighted by molar-refractivity contribution is 7.90. The van der Waals surface area contributed by atoms with Gasteiger partial charge in [0.25, 0.3) is 21.8 Å². The van der Waals surface area contributed by atoms with E-state index in [0.29, 0.717) is 43.6 Å². The van der Waals surface area contributed by atoms with Gasteiger partial charge in [-0.25, -0.2) is 23.1 Å². The molecule has 3 heterocycles. The van der Waals surface area contributed by atoms with Gasteiger partial charge < -0.3 is 30.7 Å². The van der Waals surface area contributed by atoms with Crippen LogP contribution in [0.1, 0.15) is 54.0 Å². The van der Waals surface area contributed by atoms with Gasteiger partial charge in [0.2, 0.25) is 0 Å². The molecule has 0 bridgehead atoms. The molecule has 2 aliphatic rings. The predicted molar refractivity (Wildman–Crippen MR) is 177 cm³/mol. The van der Waals surface area contributed by atoms with Crippen molar-refractivity contribution in [3.8, 4) is 5.75 Å². The number of carbonyl (C=O) groups excluding carboxylic acids is 2. The first-order chi connectivity index (χ1) is 22.7. The number of piperazine rings is 1. The number of nitrogens with two attached hydrogens (primary N) is 1. The number of piperidine rings is 1. The van der Waals surface area contributed by atoms with E-state index in [0.717, 1.165) is 19.3 Å². The first-order valence-corrected chi connectivity index (χ1v) is 17.7. The number of sulfonamides is 1. The number of anilines is 2. The maximum absolute atomic E-state index is 13.5. The van der Waals surface area contributed by atoms with Crippen LogP contribution < -0.4 is 25.4 Å². The van der Waals surface area contributed by atoms with Crippen LogP contribution in [-0.4, -0.2) is 121 Å². The fourth-order valence-corrected chi connectivity index (χ4v) is 6.79. The van der Waals surface area contributed by atoms with Crippen molar-refractivity contribution >= 4 is 56.7 Å². The lowest BCUT2D eigenvalue weighted by molar-refractivity contribution is 0.0488. The minimum Gasteiger partial charge on any atom is -0.491 e. The molecule has 2 aromatic rings.